The van der Waals surface area contributed by atoms with Crippen LogP contribution >= 0.6 is 0 Å². The summed E-state index contributed by atoms with van der Waals surface area (Å²) in [5.74, 6) is 0.548. The van der Waals surface area contributed by atoms with Crippen molar-refractivity contribution in [1.82, 2.24) is 15.3 Å². The topological polar surface area (TPSA) is 66.9 Å². The SMILES string of the molecule is O=C(NC1CCCc2ccccc21)c1ccc(-c2cnc(NCc3ccccc3)nc2)cc1. The Morgan fingerprint density at radius 3 is 2.36 bits per heavy atom. The highest BCUT2D eigenvalue weighted by atomic mass is 16.1. The number of fused-ring (bicyclic) bond motifs is 1. The number of carbonyl (C=O) groups excluding carboxylic acids is 1. The summed E-state index contributed by atoms with van der Waals surface area (Å²) in [7, 11) is 0. The van der Waals surface area contributed by atoms with E-state index in [2.05, 4.69) is 50.9 Å². The van der Waals surface area contributed by atoms with Gasteiger partial charge in [0.25, 0.3) is 5.91 Å². The number of rotatable bonds is 6. The lowest BCUT2D eigenvalue weighted by Crippen LogP contribution is -2.30. The first kappa shape index (κ1) is 20.9. The summed E-state index contributed by atoms with van der Waals surface area (Å²) in [6.45, 7) is 0.676. The maximum Gasteiger partial charge on any atom is 0.251 e. The van der Waals surface area contributed by atoms with E-state index in [1.54, 1.807) is 12.4 Å². The Labute approximate surface area is 193 Å². The van der Waals surface area contributed by atoms with Crippen molar-refractivity contribution in [2.75, 3.05) is 5.32 Å². The van der Waals surface area contributed by atoms with E-state index in [4.69, 9.17) is 0 Å². The Kier molecular flexibility index (Phi) is 6.11. The van der Waals surface area contributed by atoms with Gasteiger partial charge in [-0.1, -0.05) is 66.7 Å². The van der Waals surface area contributed by atoms with Crippen LogP contribution < -0.4 is 10.6 Å². The van der Waals surface area contributed by atoms with Crippen molar-refractivity contribution >= 4 is 11.9 Å². The molecular formula is C28H26N4O. The van der Waals surface area contributed by atoms with Gasteiger partial charge >= 0.3 is 0 Å². The lowest BCUT2D eigenvalue weighted by atomic mass is 9.87. The Morgan fingerprint density at radius 1 is 0.848 bits per heavy atom. The molecule has 0 bridgehead atoms. The number of nitrogens with one attached hydrogen (secondary N) is 2. The molecule has 1 heterocycles. The molecule has 0 aliphatic heterocycles. The maximum atomic E-state index is 12.9. The highest BCUT2D eigenvalue weighted by Crippen LogP contribution is 2.29. The lowest BCUT2D eigenvalue weighted by molar-refractivity contribution is 0.0933. The molecule has 1 aliphatic rings. The lowest BCUT2D eigenvalue weighted by Gasteiger charge is -2.26. The van der Waals surface area contributed by atoms with E-state index in [0.717, 1.165) is 30.4 Å². The van der Waals surface area contributed by atoms with Crippen LogP contribution in [-0.2, 0) is 13.0 Å². The van der Waals surface area contributed by atoms with Gasteiger partial charge in [-0.2, -0.15) is 0 Å². The van der Waals surface area contributed by atoms with Crippen molar-refractivity contribution in [1.29, 1.82) is 0 Å². The van der Waals surface area contributed by atoms with Crippen LogP contribution in [0.15, 0.2) is 91.3 Å². The third kappa shape index (κ3) is 4.93. The minimum Gasteiger partial charge on any atom is -0.350 e. The van der Waals surface area contributed by atoms with E-state index in [9.17, 15) is 4.79 Å². The zero-order chi connectivity index (χ0) is 22.5. The average molecular weight is 435 g/mol. The standard InChI is InChI=1S/C28H26N4O/c33-27(32-26-12-6-10-22-9-4-5-11-25(22)26)23-15-13-21(14-16-23)24-18-30-28(31-19-24)29-17-20-7-2-1-3-8-20/h1-5,7-9,11,13-16,18-19,26H,6,10,12,17H2,(H,32,33)(H,29,30,31). The zero-order valence-corrected chi connectivity index (χ0v) is 18.4. The van der Waals surface area contributed by atoms with Crippen LogP contribution in [0.2, 0.25) is 0 Å². The fraction of sp³-hybridized carbons (Fsp3) is 0.179. The van der Waals surface area contributed by atoms with Gasteiger partial charge in [-0.15, -0.1) is 0 Å². The smallest absolute Gasteiger partial charge is 0.251 e. The van der Waals surface area contributed by atoms with Gasteiger partial charge < -0.3 is 10.6 Å². The van der Waals surface area contributed by atoms with Crippen LogP contribution in [0.1, 0.15) is 45.9 Å². The molecule has 1 aromatic heterocycles. The molecule has 1 amide bonds. The van der Waals surface area contributed by atoms with Crippen LogP contribution in [0.4, 0.5) is 5.95 Å². The van der Waals surface area contributed by atoms with Gasteiger partial charge in [0.15, 0.2) is 0 Å². The van der Waals surface area contributed by atoms with Gasteiger partial charge in [0.05, 0.1) is 6.04 Å². The molecule has 0 saturated carbocycles. The second kappa shape index (κ2) is 9.65. The molecule has 2 N–H and O–H groups in total. The van der Waals surface area contributed by atoms with E-state index in [1.807, 2.05) is 48.5 Å². The largest absolute Gasteiger partial charge is 0.350 e. The number of aromatic nitrogens is 2. The Bertz CT molecular complexity index is 1220. The quantitative estimate of drug-likeness (QED) is 0.417. The number of amides is 1. The summed E-state index contributed by atoms with van der Waals surface area (Å²) in [6.07, 6.45) is 6.75. The Morgan fingerprint density at radius 2 is 1.58 bits per heavy atom. The van der Waals surface area contributed by atoms with Gasteiger partial charge in [-0.25, -0.2) is 9.97 Å². The Hall–Kier alpha value is -3.99. The number of hydrogen-bond donors (Lipinski definition) is 2. The van der Waals surface area contributed by atoms with Crippen LogP contribution in [0.25, 0.3) is 11.1 Å². The minimum atomic E-state index is -0.0417. The summed E-state index contributed by atoms with van der Waals surface area (Å²) >= 11 is 0. The molecule has 0 spiro atoms. The molecule has 5 rings (SSSR count). The molecule has 4 aromatic rings. The van der Waals surface area contributed by atoms with Crippen molar-refractivity contribution in [3.8, 4) is 11.1 Å². The fourth-order valence-electron chi connectivity index (χ4n) is 4.30. The molecule has 0 radical (unpaired) electrons. The fourth-order valence-corrected chi connectivity index (χ4v) is 4.30. The minimum absolute atomic E-state index is 0.0417. The van der Waals surface area contributed by atoms with Crippen molar-refractivity contribution in [2.45, 2.75) is 31.8 Å². The van der Waals surface area contributed by atoms with Gasteiger partial charge in [0.2, 0.25) is 5.95 Å². The molecule has 33 heavy (non-hydrogen) atoms. The number of aryl methyl sites for hydroxylation is 1. The third-order valence-electron chi connectivity index (χ3n) is 6.10. The number of nitrogens with zero attached hydrogens (tertiary/aromatic N) is 2. The van der Waals surface area contributed by atoms with E-state index < -0.39 is 0 Å². The number of carbonyl (C=O) groups is 1. The summed E-state index contributed by atoms with van der Waals surface area (Å²) in [5, 5.41) is 6.45. The molecule has 164 valence electrons. The maximum absolute atomic E-state index is 12.9. The number of benzene rings is 3. The first-order chi connectivity index (χ1) is 16.3. The van der Waals surface area contributed by atoms with Crippen molar-refractivity contribution in [2.24, 2.45) is 0 Å². The first-order valence-corrected chi connectivity index (χ1v) is 11.4. The normalized spacial score (nSPS) is 14.8. The van der Waals surface area contributed by atoms with Crippen molar-refractivity contribution < 1.29 is 4.79 Å². The van der Waals surface area contributed by atoms with Gasteiger partial charge in [0, 0.05) is 30.1 Å². The second-order valence-electron chi connectivity index (χ2n) is 8.33. The van der Waals surface area contributed by atoms with E-state index >= 15 is 0 Å². The van der Waals surface area contributed by atoms with Gasteiger partial charge in [0.1, 0.15) is 0 Å². The van der Waals surface area contributed by atoms with E-state index in [-0.39, 0.29) is 11.9 Å². The average Bonchev–Trinajstić information content (AvgIpc) is 2.89. The molecule has 0 saturated heterocycles. The molecule has 3 aromatic carbocycles. The summed E-state index contributed by atoms with van der Waals surface area (Å²) in [4.78, 5) is 21.7. The first-order valence-electron chi connectivity index (χ1n) is 11.4. The molecule has 0 fully saturated rings. The summed E-state index contributed by atoms with van der Waals surface area (Å²) in [5.41, 5.74) is 6.30. The van der Waals surface area contributed by atoms with Crippen molar-refractivity contribution in [3.63, 3.8) is 0 Å². The zero-order valence-electron chi connectivity index (χ0n) is 18.4. The predicted molar refractivity (Wildman–Crippen MR) is 131 cm³/mol. The van der Waals surface area contributed by atoms with Crippen LogP contribution in [0, 0.1) is 0 Å². The summed E-state index contributed by atoms with van der Waals surface area (Å²) in [6, 6.07) is 26.2. The molecular weight excluding hydrogens is 408 g/mol. The molecule has 1 unspecified atom stereocenters. The highest BCUT2D eigenvalue weighted by Gasteiger charge is 2.21. The molecule has 1 aliphatic carbocycles. The van der Waals surface area contributed by atoms with Crippen LogP contribution in [0.5, 0.6) is 0 Å². The monoisotopic (exact) mass is 434 g/mol. The number of hydrogen-bond acceptors (Lipinski definition) is 4. The molecule has 5 heteroatoms. The third-order valence-corrected chi connectivity index (χ3v) is 6.10. The summed E-state index contributed by atoms with van der Waals surface area (Å²) < 4.78 is 0. The Balaban J connectivity index is 1.22. The predicted octanol–water partition coefficient (Wildman–Crippen LogP) is 5.56. The van der Waals surface area contributed by atoms with Gasteiger partial charge in [-0.05, 0) is 53.6 Å². The second-order valence-corrected chi connectivity index (χ2v) is 8.33. The highest BCUT2D eigenvalue weighted by molar-refractivity contribution is 5.95. The van der Waals surface area contributed by atoms with Crippen LogP contribution in [0.3, 0.4) is 0 Å². The van der Waals surface area contributed by atoms with Gasteiger partial charge in [-0.3, -0.25) is 4.79 Å². The molecule has 1 atom stereocenters. The van der Waals surface area contributed by atoms with Crippen molar-refractivity contribution in [3.05, 3.63) is 114 Å². The number of anilines is 1. The van der Waals surface area contributed by atoms with E-state index in [0.29, 0.717) is 18.1 Å². The van der Waals surface area contributed by atoms with Crippen LogP contribution in [-0.4, -0.2) is 15.9 Å². The van der Waals surface area contributed by atoms with E-state index in [1.165, 1.54) is 16.7 Å². The molecule has 5 nitrogen and oxygen atoms in total.